The molecule has 2 aromatic heterocycles. The van der Waals surface area contributed by atoms with Crippen molar-refractivity contribution >= 4 is 55.4 Å². The summed E-state index contributed by atoms with van der Waals surface area (Å²) in [5, 5.41) is 26.8. The predicted molar refractivity (Wildman–Crippen MR) is 290 cm³/mol. The van der Waals surface area contributed by atoms with E-state index >= 15 is 0 Å². The summed E-state index contributed by atoms with van der Waals surface area (Å²) in [4.78, 5) is 44.2. The Labute approximate surface area is 444 Å². The van der Waals surface area contributed by atoms with Gasteiger partial charge in [-0.15, -0.1) is 0 Å². The Balaban J connectivity index is 0.812. The maximum Gasteiger partial charge on any atom is 0.293 e. The number of aromatic amines is 1. The summed E-state index contributed by atoms with van der Waals surface area (Å²) in [5.41, 5.74) is 4.96. The Morgan fingerprint density at radius 1 is 0.895 bits per heavy atom. The smallest absolute Gasteiger partial charge is 0.293 e. The number of likely N-dealkylation sites (tertiary alicyclic amines) is 1. The molecule has 2 aliphatic carbocycles. The van der Waals surface area contributed by atoms with Crippen LogP contribution in [0.1, 0.15) is 105 Å². The van der Waals surface area contributed by atoms with Crippen molar-refractivity contribution in [2.45, 2.75) is 125 Å². The van der Waals surface area contributed by atoms with Gasteiger partial charge in [-0.25, -0.2) is 13.1 Å². The molecule has 7 aliphatic rings. The first-order chi connectivity index (χ1) is 36.7. The molecule has 12 rings (SSSR count). The van der Waals surface area contributed by atoms with Gasteiger partial charge in [-0.05, 0) is 149 Å². The van der Waals surface area contributed by atoms with E-state index < -0.39 is 43.1 Å². The molecule has 19 heteroatoms. The number of piperidine rings is 2. The van der Waals surface area contributed by atoms with E-state index in [9.17, 15) is 28.4 Å². The number of nitrogens with one attached hydrogen (secondary N) is 3. The Kier molecular flexibility index (Phi) is 13.8. The van der Waals surface area contributed by atoms with Crippen molar-refractivity contribution in [1.82, 2.24) is 24.5 Å². The molecule has 0 radical (unpaired) electrons. The summed E-state index contributed by atoms with van der Waals surface area (Å²) >= 11 is 0. The molecule has 4 N–H and O–H groups in total. The Morgan fingerprint density at radius 2 is 1.68 bits per heavy atom. The predicted octanol–water partition coefficient (Wildman–Crippen LogP) is 8.23. The average Bonchev–Trinajstić information content (AvgIpc) is 4.01. The number of carbonyl (C=O) groups excluding carboxylic acids is 1. The van der Waals surface area contributed by atoms with Crippen LogP contribution in [-0.2, 0) is 19.5 Å². The number of hydrogen-bond acceptors (Lipinski definition) is 15. The number of hydrogen-bond donors (Lipinski definition) is 4. The number of amides is 1. The number of fused-ring (bicyclic) bond motifs is 3. The number of aromatic nitrogens is 2. The minimum atomic E-state index is -4.63. The highest BCUT2D eigenvalue weighted by atomic mass is 32.2. The molecule has 76 heavy (non-hydrogen) atoms. The van der Waals surface area contributed by atoms with Crippen LogP contribution in [0.5, 0.6) is 5.88 Å². The lowest BCUT2D eigenvalue weighted by Gasteiger charge is -2.59. The van der Waals surface area contributed by atoms with Crippen LogP contribution >= 0.6 is 0 Å². The first-order valence-electron chi connectivity index (χ1n) is 27.6. The van der Waals surface area contributed by atoms with Gasteiger partial charge in [0.15, 0.2) is 0 Å². The second-order valence-corrected chi connectivity index (χ2v) is 24.8. The monoisotopic (exact) mass is 1060 g/mol. The standard InChI is InChI=1S/C57H71N9O9S/c1-37-5-3-4-6-44(37)47-12-8-41(63-24-27-73-28-25-63)35-64(47)42-32-57(33-42)19-22-62(23-20-57)40-7-10-45(49(30-40)65-48-16-26-74-36-52(48)75-55-51(65)29-39-15-21-58-53(39)60-55)54(67)61-76(71,72)43-9-11-46(50(31-43)66(69)70)59-34-38-13-17-56(2,68)18-14-38/h3-7,9-11,15,21,29-31,38,41-42,47-48,52,59,68H,8,12-14,16-20,22-28,32-36H2,1-2H3,(H,58,60)(H,61,67)/t38-,41-,47-,48+,52+,56-/m1/s1. The number of sulfonamides is 1. The number of aliphatic hydroxyl groups is 1. The van der Waals surface area contributed by atoms with Gasteiger partial charge in [0.05, 0.1) is 52.5 Å². The second-order valence-electron chi connectivity index (χ2n) is 23.1. The molecule has 5 aliphatic heterocycles. The summed E-state index contributed by atoms with van der Waals surface area (Å²) in [6, 6.07) is 23.3. The fraction of sp³-hybridized carbons (Fsp3) is 0.544. The highest BCUT2D eigenvalue weighted by molar-refractivity contribution is 7.90. The number of H-pyrrole nitrogens is 1. The number of benzene rings is 3. The number of nitrogens with zero attached hydrogens (tertiary/aromatic N) is 6. The Bertz CT molecular complexity index is 3080. The van der Waals surface area contributed by atoms with Crippen LogP contribution in [0.15, 0.2) is 83.9 Å². The van der Waals surface area contributed by atoms with Crippen molar-refractivity contribution in [3.8, 4) is 5.88 Å². The number of anilines is 4. The molecule has 5 aromatic rings. The zero-order valence-electron chi connectivity index (χ0n) is 43.6. The van der Waals surface area contributed by atoms with Gasteiger partial charge in [0.25, 0.3) is 21.6 Å². The van der Waals surface area contributed by atoms with Gasteiger partial charge >= 0.3 is 0 Å². The summed E-state index contributed by atoms with van der Waals surface area (Å²) in [6.07, 6.45) is 11.5. The maximum absolute atomic E-state index is 14.8. The Morgan fingerprint density at radius 3 is 2.46 bits per heavy atom. The molecule has 6 fully saturated rings. The molecule has 3 aromatic carbocycles. The van der Waals surface area contributed by atoms with Crippen LogP contribution in [0.4, 0.5) is 28.4 Å². The third-order valence-electron chi connectivity index (χ3n) is 18.3. The molecule has 0 unspecified atom stereocenters. The number of nitro benzene ring substituents is 1. The van der Waals surface area contributed by atoms with Crippen LogP contribution in [0.3, 0.4) is 0 Å². The van der Waals surface area contributed by atoms with Crippen molar-refractivity contribution < 1.29 is 37.5 Å². The third-order valence-corrected chi connectivity index (χ3v) is 19.6. The van der Waals surface area contributed by atoms with Crippen LogP contribution < -0.4 is 24.6 Å². The van der Waals surface area contributed by atoms with Crippen LogP contribution in [-0.4, -0.2) is 140 Å². The number of nitro groups is 1. The third kappa shape index (κ3) is 10.0. The lowest BCUT2D eigenvalue weighted by Crippen LogP contribution is -2.60. The second kappa shape index (κ2) is 20.5. The zero-order chi connectivity index (χ0) is 52.3. The van der Waals surface area contributed by atoms with Gasteiger partial charge in [0.2, 0.25) is 5.88 Å². The molecule has 1 amide bonds. The average molecular weight is 1060 g/mol. The summed E-state index contributed by atoms with van der Waals surface area (Å²) in [6.45, 7) is 11.6. The first kappa shape index (κ1) is 51.0. The van der Waals surface area contributed by atoms with Gasteiger partial charge in [0, 0.05) is 87.3 Å². The number of carbonyl (C=O) groups is 1. The zero-order valence-corrected chi connectivity index (χ0v) is 44.4. The molecule has 18 nitrogen and oxygen atoms in total. The molecule has 7 heterocycles. The molecular formula is C57H71N9O9S. The van der Waals surface area contributed by atoms with Crippen molar-refractivity contribution in [2.24, 2.45) is 11.3 Å². The largest absolute Gasteiger partial charge is 0.468 e. The van der Waals surface area contributed by atoms with E-state index in [-0.39, 0.29) is 28.6 Å². The van der Waals surface area contributed by atoms with E-state index in [0.717, 1.165) is 95.2 Å². The van der Waals surface area contributed by atoms with Crippen molar-refractivity contribution in [2.75, 3.05) is 80.8 Å². The molecule has 1 spiro atoms. The fourth-order valence-corrected chi connectivity index (χ4v) is 14.8. The summed E-state index contributed by atoms with van der Waals surface area (Å²) in [5.74, 6) is -0.304. The van der Waals surface area contributed by atoms with Gasteiger partial charge in [-0.2, -0.15) is 4.98 Å². The van der Waals surface area contributed by atoms with E-state index in [0.29, 0.717) is 80.0 Å². The van der Waals surface area contributed by atoms with Gasteiger partial charge in [-0.3, -0.25) is 24.7 Å². The number of pyridine rings is 1. The van der Waals surface area contributed by atoms with Crippen molar-refractivity contribution in [3.63, 3.8) is 0 Å². The van der Waals surface area contributed by atoms with Crippen LogP contribution in [0.25, 0.3) is 11.0 Å². The maximum atomic E-state index is 14.8. The molecule has 2 saturated carbocycles. The summed E-state index contributed by atoms with van der Waals surface area (Å²) < 4.78 is 49.0. The van der Waals surface area contributed by atoms with E-state index in [2.05, 4.69) is 65.8 Å². The lowest BCUT2D eigenvalue weighted by molar-refractivity contribution is -0.384. The van der Waals surface area contributed by atoms with Crippen molar-refractivity contribution in [1.29, 1.82) is 0 Å². The van der Waals surface area contributed by atoms with Gasteiger partial charge < -0.3 is 39.4 Å². The van der Waals surface area contributed by atoms with E-state index in [4.69, 9.17) is 19.2 Å². The molecular weight excluding hydrogens is 987 g/mol. The normalized spacial score (nSPS) is 27.3. The minimum absolute atomic E-state index is 0.120. The number of morpholine rings is 1. The molecule has 4 atom stereocenters. The van der Waals surface area contributed by atoms with Crippen LogP contribution in [0.2, 0.25) is 0 Å². The molecule has 4 saturated heterocycles. The first-order valence-corrected chi connectivity index (χ1v) is 29.0. The molecule has 404 valence electrons. The highest BCUT2D eigenvalue weighted by Crippen LogP contribution is 2.54. The number of rotatable bonds is 12. The molecule has 0 bridgehead atoms. The fourth-order valence-electron chi connectivity index (χ4n) is 13.8. The quantitative estimate of drug-likeness (QED) is 0.0686. The topological polar surface area (TPSA) is 208 Å². The van der Waals surface area contributed by atoms with Crippen LogP contribution in [0, 0.1) is 28.4 Å². The van der Waals surface area contributed by atoms with E-state index in [1.54, 1.807) is 6.07 Å². The number of aryl methyl sites for hydroxylation is 1. The SMILES string of the molecule is Cc1ccccc1[C@H]1CC[C@@H](N2CCOCC2)CN1C1CC2(CCN(c3ccc(C(=O)NS(=O)(=O)c4ccc(NC[C@H]5CC[C@](C)(O)CC5)c([N+](=O)[O-])c4)c(N4c5cc6cc[nH]c6nc5O[C@H]5COCC[C@@H]54)c3)CC2)C1. The lowest BCUT2D eigenvalue weighted by atomic mass is 9.59. The minimum Gasteiger partial charge on any atom is -0.468 e. The Hall–Kier alpha value is -5.83. The van der Waals surface area contributed by atoms with Gasteiger partial charge in [0.1, 0.15) is 23.1 Å². The van der Waals surface area contributed by atoms with Gasteiger partial charge in [-0.1, -0.05) is 24.3 Å². The summed E-state index contributed by atoms with van der Waals surface area (Å²) in [7, 11) is -4.63. The highest BCUT2D eigenvalue weighted by Gasteiger charge is 2.51. The van der Waals surface area contributed by atoms with E-state index in [1.807, 2.05) is 37.4 Å². The van der Waals surface area contributed by atoms with Crippen molar-refractivity contribution in [3.05, 3.63) is 106 Å². The number of ether oxygens (including phenoxy) is 3. The van der Waals surface area contributed by atoms with E-state index in [1.165, 1.54) is 42.5 Å².